The van der Waals surface area contributed by atoms with Crippen molar-refractivity contribution in [3.63, 3.8) is 0 Å². The van der Waals surface area contributed by atoms with Crippen molar-refractivity contribution in [1.29, 1.82) is 0 Å². The van der Waals surface area contributed by atoms with Gasteiger partial charge in [0, 0.05) is 18.7 Å². The van der Waals surface area contributed by atoms with Gasteiger partial charge in [-0.3, -0.25) is 0 Å². The zero-order valence-corrected chi connectivity index (χ0v) is 8.99. The van der Waals surface area contributed by atoms with Gasteiger partial charge < -0.3 is 10.0 Å². The lowest BCUT2D eigenvalue weighted by Crippen LogP contribution is -2.08. The summed E-state index contributed by atoms with van der Waals surface area (Å²) in [5.41, 5.74) is 0.389. The summed E-state index contributed by atoms with van der Waals surface area (Å²) in [5, 5.41) is 8.11. The first-order valence-corrected chi connectivity index (χ1v) is 4.84. The SMILES string of the molecule is C=CN1CCCC1.CC=C(C)C(=O)O. The third kappa shape index (κ3) is 5.41. The van der Waals surface area contributed by atoms with Gasteiger partial charge in [-0.2, -0.15) is 0 Å². The summed E-state index contributed by atoms with van der Waals surface area (Å²) in [6, 6.07) is 0. The van der Waals surface area contributed by atoms with Crippen LogP contribution in [-0.2, 0) is 4.79 Å². The van der Waals surface area contributed by atoms with E-state index in [0.717, 1.165) is 0 Å². The highest BCUT2D eigenvalue weighted by atomic mass is 16.4. The topological polar surface area (TPSA) is 40.5 Å². The Morgan fingerprint density at radius 2 is 1.93 bits per heavy atom. The number of likely N-dealkylation sites (tertiary alicyclic amines) is 1. The van der Waals surface area contributed by atoms with Gasteiger partial charge in [-0.1, -0.05) is 12.7 Å². The summed E-state index contributed by atoms with van der Waals surface area (Å²) in [6.45, 7) is 9.38. The summed E-state index contributed by atoms with van der Waals surface area (Å²) < 4.78 is 0. The normalized spacial score (nSPS) is 15.9. The first kappa shape index (κ1) is 12.8. The van der Waals surface area contributed by atoms with Gasteiger partial charge >= 0.3 is 5.97 Å². The van der Waals surface area contributed by atoms with Crippen LogP contribution in [-0.4, -0.2) is 29.1 Å². The minimum atomic E-state index is -0.845. The molecular formula is C11H19NO2. The Balaban J connectivity index is 0.000000241. The Labute approximate surface area is 85.7 Å². The minimum absolute atomic E-state index is 0.389. The number of carbonyl (C=O) groups is 1. The largest absolute Gasteiger partial charge is 0.478 e. The number of aliphatic carboxylic acids is 1. The Hall–Kier alpha value is -1.25. The van der Waals surface area contributed by atoms with Gasteiger partial charge in [0.1, 0.15) is 0 Å². The van der Waals surface area contributed by atoms with Crippen molar-refractivity contribution in [2.24, 2.45) is 0 Å². The average molecular weight is 197 g/mol. The molecule has 1 rings (SSSR count). The molecule has 0 amide bonds. The zero-order valence-electron chi connectivity index (χ0n) is 8.99. The van der Waals surface area contributed by atoms with Gasteiger partial charge in [0.05, 0.1) is 0 Å². The molecule has 0 radical (unpaired) electrons. The number of nitrogens with zero attached hydrogens (tertiary/aromatic N) is 1. The van der Waals surface area contributed by atoms with Crippen molar-refractivity contribution < 1.29 is 9.90 Å². The van der Waals surface area contributed by atoms with Crippen LogP contribution in [0.1, 0.15) is 26.7 Å². The summed E-state index contributed by atoms with van der Waals surface area (Å²) in [7, 11) is 0. The molecule has 0 spiro atoms. The van der Waals surface area contributed by atoms with Crippen molar-refractivity contribution in [1.82, 2.24) is 4.90 Å². The Morgan fingerprint density at radius 1 is 1.43 bits per heavy atom. The molecule has 0 aromatic rings. The molecule has 3 nitrogen and oxygen atoms in total. The highest BCUT2D eigenvalue weighted by molar-refractivity contribution is 5.85. The predicted octanol–water partition coefficient (Wildman–Crippen LogP) is 2.26. The van der Waals surface area contributed by atoms with Crippen LogP contribution in [0.2, 0.25) is 0 Å². The molecule has 14 heavy (non-hydrogen) atoms. The predicted molar refractivity (Wildman–Crippen MR) is 58.1 cm³/mol. The minimum Gasteiger partial charge on any atom is -0.478 e. The van der Waals surface area contributed by atoms with E-state index in [4.69, 9.17) is 5.11 Å². The lowest BCUT2D eigenvalue weighted by Gasteiger charge is -2.07. The number of carboxylic acid groups (broad SMARTS) is 1. The molecule has 0 aliphatic carbocycles. The van der Waals surface area contributed by atoms with E-state index in [0.29, 0.717) is 5.57 Å². The second-order valence-electron chi connectivity index (χ2n) is 3.20. The number of rotatable bonds is 2. The van der Waals surface area contributed by atoms with E-state index in [2.05, 4.69) is 11.5 Å². The molecule has 1 saturated heterocycles. The van der Waals surface area contributed by atoms with E-state index in [1.54, 1.807) is 19.9 Å². The molecule has 0 unspecified atom stereocenters. The zero-order chi connectivity index (χ0) is 11.0. The quantitative estimate of drug-likeness (QED) is 0.690. The molecule has 0 aromatic heterocycles. The first-order valence-electron chi connectivity index (χ1n) is 4.84. The molecular weight excluding hydrogens is 178 g/mol. The molecule has 3 heteroatoms. The second kappa shape index (κ2) is 7.18. The van der Waals surface area contributed by atoms with Gasteiger partial charge in [-0.05, 0) is 32.9 Å². The molecule has 1 heterocycles. The van der Waals surface area contributed by atoms with Crippen molar-refractivity contribution >= 4 is 5.97 Å². The summed E-state index contributed by atoms with van der Waals surface area (Å²) in [5.74, 6) is -0.845. The van der Waals surface area contributed by atoms with E-state index in [1.807, 2.05) is 6.20 Å². The number of hydrogen-bond donors (Lipinski definition) is 1. The van der Waals surface area contributed by atoms with E-state index in [1.165, 1.54) is 25.9 Å². The van der Waals surface area contributed by atoms with Crippen LogP contribution in [0.25, 0.3) is 0 Å². The monoisotopic (exact) mass is 197 g/mol. The number of hydrogen-bond acceptors (Lipinski definition) is 2. The molecule has 0 saturated carbocycles. The fourth-order valence-electron chi connectivity index (χ4n) is 1.05. The molecule has 1 aliphatic rings. The molecule has 0 bridgehead atoms. The first-order chi connectivity index (χ1) is 6.61. The lowest BCUT2D eigenvalue weighted by atomic mass is 10.3. The van der Waals surface area contributed by atoms with E-state index in [9.17, 15) is 4.79 Å². The van der Waals surface area contributed by atoms with Crippen LogP contribution in [0, 0.1) is 0 Å². The third-order valence-electron chi connectivity index (χ3n) is 2.17. The smallest absolute Gasteiger partial charge is 0.330 e. The third-order valence-corrected chi connectivity index (χ3v) is 2.17. The molecule has 1 N–H and O–H groups in total. The Morgan fingerprint density at radius 3 is 2.07 bits per heavy atom. The molecule has 1 fully saturated rings. The molecule has 1 aliphatic heterocycles. The summed E-state index contributed by atoms with van der Waals surface area (Å²) >= 11 is 0. The maximum Gasteiger partial charge on any atom is 0.330 e. The van der Waals surface area contributed by atoms with Crippen LogP contribution >= 0.6 is 0 Å². The van der Waals surface area contributed by atoms with Crippen LogP contribution in [0.3, 0.4) is 0 Å². The van der Waals surface area contributed by atoms with Crippen molar-refractivity contribution in [3.8, 4) is 0 Å². The average Bonchev–Trinajstić information content (AvgIpc) is 2.69. The maximum atomic E-state index is 9.86. The number of carboxylic acids is 1. The maximum absolute atomic E-state index is 9.86. The van der Waals surface area contributed by atoms with Crippen LogP contribution in [0.4, 0.5) is 0 Å². The summed E-state index contributed by atoms with van der Waals surface area (Å²) in [4.78, 5) is 12.1. The molecule has 0 aromatic carbocycles. The number of allylic oxidation sites excluding steroid dienone is 1. The van der Waals surface area contributed by atoms with Crippen LogP contribution < -0.4 is 0 Å². The van der Waals surface area contributed by atoms with Gasteiger partial charge in [-0.25, -0.2) is 4.79 Å². The fraction of sp³-hybridized carbons (Fsp3) is 0.545. The van der Waals surface area contributed by atoms with Gasteiger partial charge in [-0.15, -0.1) is 0 Å². The van der Waals surface area contributed by atoms with E-state index >= 15 is 0 Å². The molecule has 0 atom stereocenters. The highest BCUT2D eigenvalue weighted by Crippen LogP contribution is 2.05. The van der Waals surface area contributed by atoms with E-state index in [-0.39, 0.29) is 0 Å². The fourth-order valence-corrected chi connectivity index (χ4v) is 1.05. The van der Waals surface area contributed by atoms with Crippen molar-refractivity contribution in [2.75, 3.05) is 13.1 Å². The highest BCUT2D eigenvalue weighted by Gasteiger charge is 2.04. The Kier molecular flexibility index (Phi) is 6.54. The van der Waals surface area contributed by atoms with Gasteiger partial charge in [0.15, 0.2) is 0 Å². The van der Waals surface area contributed by atoms with Gasteiger partial charge in [0.2, 0.25) is 0 Å². The standard InChI is InChI=1S/C6H11N.C5H8O2/c1-2-7-5-3-4-6-7;1-3-4(2)5(6)7/h2H,1,3-6H2;3H,1-2H3,(H,6,7). The van der Waals surface area contributed by atoms with Crippen molar-refractivity contribution in [3.05, 3.63) is 24.4 Å². The lowest BCUT2D eigenvalue weighted by molar-refractivity contribution is -0.132. The van der Waals surface area contributed by atoms with Crippen LogP contribution in [0.15, 0.2) is 24.4 Å². The van der Waals surface area contributed by atoms with Gasteiger partial charge in [0.25, 0.3) is 0 Å². The Bertz CT molecular complexity index is 215. The van der Waals surface area contributed by atoms with E-state index < -0.39 is 5.97 Å². The summed E-state index contributed by atoms with van der Waals surface area (Å²) in [6.07, 6.45) is 6.19. The van der Waals surface area contributed by atoms with Crippen molar-refractivity contribution in [2.45, 2.75) is 26.7 Å². The van der Waals surface area contributed by atoms with Crippen LogP contribution in [0.5, 0.6) is 0 Å². The second-order valence-corrected chi connectivity index (χ2v) is 3.20. The molecule has 80 valence electrons.